The Morgan fingerprint density at radius 2 is 1.88 bits per heavy atom. The summed E-state index contributed by atoms with van der Waals surface area (Å²) in [6.45, 7) is 4.53. The molecule has 1 aromatic carbocycles. The predicted octanol–water partition coefficient (Wildman–Crippen LogP) is 0.299. The van der Waals surface area contributed by atoms with Gasteiger partial charge in [-0.15, -0.1) is 0 Å². The Morgan fingerprint density at radius 3 is 2.44 bits per heavy atom. The van der Waals surface area contributed by atoms with Crippen LogP contribution in [0.25, 0.3) is 0 Å². The van der Waals surface area contributed by atoms with Gasteiger partial charge < -0.3 is 24.4 Å². The van der Waals surface area contributed by atoms with Gasteiger partial charge in [-0.05, 0) is 32.9 Å². The second-order valence-corrected chi connectivity index (χ2v) is 8.22. The van der Waals surface area contributed by atoms with Crippen LogP contribution in [0, 0.1) is 6.92 Å². The van der Waals surface area contributed by atoms with Gasteiger partial charge in [-0.2, -0.15) is 8.42 Å². The van der Waals surface area contributed by atoms with Crippen LogP contribution in [0.4, 0.5) is 0 Å². The van der Waals surface area contributed by atoms with E-state index < -0.39 is 53.2 Å². The van der Waals surface area contributed by atoms with E-state index in [0.29, 0.717) is 0 Å². The maximum atomic E-state index is 12.4. The highest BCUT2D eigenvalue weighted by molar-refractivity contribution is 7.86. The summed E-state index contributed by atoms with van der Waals surface area (Å²) in [6.07, 6.45) is -5.22. The van der Waals surface area contributed by atoms with Crippen LogP contribution in [0.15, 0.2) is 29.2 Å². The second kappa shape index (κ2) is 6.58. The van der Waals surface area contributed by atoms with E-state index >= 15 is 0 Å². The van der Waals surface area contributed by atoms with Gasteiger partial charge in [0.25, 0.3) is 10.1 Å². The lowest BCUT2D eigenvalue weighted by Crippen LogP contribution is -2.44. The lowest BCUT2D eigenvalue weighted by molar-refractivity contribution is -0.225. The Labute approximate surface area is 146 Å². The molecule has 5 unspecified atom stereocenters. The number of rotatable bonds is 5. The first-order valence-electron chi connectivity index (χ1n) is 7.93. The minimum absolute atomic E-state index is 0.0436. The molecule has 3 rings (SSSR count). The maximum Gasteiger partial charge on any atom is 0.297 e. The molecule has 2 aliphatic heterocycles. The summed E-state index contributed by atoms with van der Waals surface area (Å²) in [4.78, 5) is -0.0436. The standard InChI is InChI=1S/C16H22O8S/c1-9-4-6-10(7-5-9)25(19,20)24-11(8-17)13-12(18)14-15(21-13)23-16(2,3)22-14/h4-7,11-15,17-18H,8H2,1-3H3. The van der Waals surface area contributed by atoms with Crippen molar-refractivity contribution >= 4 is 10.1 Å². The van der Waals surface area contributed by atoms with E-state index in [1.165, 1.54) is 12.1 Å². The summed E-state index contributed by atoms with van der Waals surface area (Å²) in [7, 11) is -4.13. The van der Waals surface area contributed by atoms with Crippen molar-refractivity contribution in [1.29, 1.82) is 0 Å². The molecule has 0 spiro atoms. The largest absolute Gasteiger partial charge is 0.394 e. The van der Waals surface area contributed by atoms with Gasteiger partial charge in [0.05, 0.1) is 11.5 Å². The van der Waals surface area contributed by atoms with Crippen LogP contribution in [0.2, 0.25) is 0 Å². The molecule has 2 saturated heterocycles. The van der Waals surface area contributed by atoms with Crippen LogP contribution in [-0.2, 0) is 28.5 Å². The molecule has 0 aliphatic carbocycles. The quantitative estimate of drug-likeness (QED) is 0.708. The normalized spacial score (nSPS) is 32.5. The zero-order valence-electron chi connectivity index (χ0n) is 14.2. The van der Waals surface area contributed by atoms with Crippen molar-refractivity contribution in [2.45, 2.75) is 62.2 Å². The number of hydrogen-bond acceptors (Lipinski definition) is 8. The zero-order chi connectivity index (χ0) is 18.4. The molecule has 0 bridgehead atoms. The van der Waals surface area contributed by atoms with Gasteiger partial charge >= 0.3 is 0 Å². The van der Waals surface area contributed by atoms with Crippen molar-refractivity contribution < 1.29 is 37.0 Å². The minimum Gasteiger partial charge on any atom is -0.394 e. The van der Waals surface area contributed by atoms with Gasteiger partial charge in [-0.25, -0.2) is 0 Å². The Kier molecular flexibility index (Phi) is 4.93. The van der Waals surface area contributed by atoms with Crippen LogP contribution < -0.4 is 0 Å². The summed E-state index contributed by atoms with van der Waals surface area (Å²) in [5.41, 5.74) is 0.900. The number of aliphatic hydroxyl groups excluding tert-OH is 2. The number of hydrogen-bond donors (Lipinski definition) is 2. The first kappa shape index (κ1) is 18.7. The Balaban J connectivity index is 1.74. The van der Waals surface area contributed by atoms with Crippen LogP contribution in [-0.4, -0.2) is 61.7 Å². The minimum atomic E-state index is -4.13. The molecule has 25 heavy (non-hydrogen) atoms. The fourth-order valence-electron chi connectivity index (χ4n) is 2.94. The fraction of sp³-hybridized carbons (Fsp3) is 0.625. The molecule has 5 atom stereocenters. The molecule has 2 heterocycles. The van der Waals surface area contributed by atoms with Gasteiger partial charge in [0.2, 0.25) is 0 Å². The van der Waals surface area contributed by atoms with E-state index in [1.54, 1.807) is 26.0 Å². The molecule has 1 aromatic rings. The molecule has 0 aromatic heterocycles. The SMILES string of the molecule is Cc1ccc(S(=O)(=O)OC(CO)C2OC3OC(C)(C)OC3C2O)cc1. The molecular formula is C16H22O8S. The lowest BCUT2D eigenvalue weighted by Gasteiger charge is -2.27. The summed E-state index contributed by atoms with van der Waals surface area (Å²) in [5.74, 6) is -0.912. The summed E-state index contributed by atoms with van der Waals surface area (Å²) >= 11 is 0. The van der Waals surface area contributed by atoms with Gasteiger partial charge in [-0.3, -0.25) is 4.18 Å². The maximum absolute atomic E-state index is 12.4. The van der Waals surface area contributed by atoms with Crippen LogP contribution >= 0.6 is 0 Å². The van der Waals surface area contributed by atoms with Crippen LogP contribution in [0.5, 0.6) is 0 Å². The summed E-state index contributed by atoms with van der Waals surface area (Å²) in [5, 5.41) is 19.9. The number of fused-ring (bicyclic) bond motifs is 1. The number of aryl methyl sites for hydroxylation is 1. The number of aliphatic hydroxyl groups is 2. The first-order chi connectivity index (χ1) is 11.6. The van der Waals surface area contributed by atoms with Gasteiger partial charge in [-0.1, -0.05) is 17.7 Å². The fourth-order valence-corrected chi connectivity index (χ4v) is 4.01. The number of benzene rings is 1. The topological polar surface area (TPSA) is 112 Å². The smallest absolute Gasteiger partial charge is 0.297 e. The van der Waals surface area contributed by atoms with Crippen molar-refractivity contribution in [3.8, 4) is 0 Å². The Bertz CT molecular complexity index is 714. The van der Waals surface area contributed by atoms with Gasteiger partial charge in [0.15, 0.2) is 12.1 Å². The zero-order valence-corrected chi connectivity index (χ0v) is 15.0. The van der Waals surface area contributed by atoms with E-state index in [9.17, 15) is 18.6 Å². The molecule has 0 saturated carbocycles. The van der Waals surface area contributed by atoms with E-state index in [2.05, 4.69) is 0 Å². The predicted molar refractivity (Wildman–Crippen MR) is 85.0 cm³/mol. The average Bonchev–Trinajstić information content (AvgIpc) is 2.99. The third-order valence-electron chi connectivity index (χ3n) is 4.16. The van der Waals surface area contributed by atoms with Crippen molar-refractivity contribution in [2.75, 3.05) is 6.61 Å². The van der Waals surface area contributed by atoms with Crippen molar-refractivity contribution in [3.05, 3.63) is 29.8 Å². The molecule has 2 N–H and O–H groups in total. The van der Waals surface area contributed by atoms with Crippen LogP contribution in [0.3, 0.4) is 0 Å². The van der Waals surface area contributed by atoms with E-state index in [-0.39, 0.29) is 4.90 Å². The highest BCUT2D eigenvalue weighted by Crippen LogP contribution is 2.39. The average molecular weight is 374 g/mol. The van der Waals surface area contributed by atoms with Crippen molar-refractivity contribution in [1.82, 2.24) is 0 Å². The first-order valence-corrected chi connectivity index (χ1v) is 9.34. The second-order valence-electron chi connectivity index (χ2n) is 6.64. The Hall–Kier alpha value is -1.07. The van der Waals surface area contributed by atoms with E-state index in [1.807, 2.05) is 6.92 Å². The van der Waals surface area contributed by atoms with Gasteiger partial charge in [0.1, 0.15) is 24.4 Å². The monoisotopic (exact) mass is 374 g/mol. The summed E-state index contributed by atoms with van der Waals surface area (Å²) < 4.78 is 46.5. The molecule has 2 fully saturated rings. The Morgan fingerprint density at radius 1 is 1.24 bits per heavy atom. The summed E-state index contributed by atoms with van der Waals surface area (Å²) in [6, 6.07) is 6.10. The molecule has 2 aliphatic rings. The molecule has 8 nitrogen and oxygen atoms in total. The van der Waals surface area contributed by atoms with Crippen LogP contribution in [0.1, 0.15) is 19.4 Å². The third-order valence-corrected chi connectivity index (χ3v) is 5.51. The third kappa shape index (κ3) is 3.72. The molecule has 0 radical (unpaired) electrons. The molecule has 9 heteroatoms. The van der Waals surface area contributed by atoms with E-state index in [0.717, 1.165) is 5.56 Å². The molecular weight excluding hydrogens is 352 g/mol. The van der Waals surface area contributed by atoms with Gasteiger partial charge in [0, 0.05) is 0 Å². The molecule has 140 valence electrons. The number of ether oxygens (including phenoxy) is 3. The lowest BCUT2D eigenvalue weighted by atomic mass is 10.1. The van der Waals surface area contributed by atoms with E-state index in [4.69, 9.17) is 18.4 Å². The van der Waals surface area contributed by atoms with Crippen molar-refractivity contribution in [3.63, 3.8) is 0 Å². The highest BCUT2D eigenvalue weighted by atomic mass is 32.2. The highest BCUT2D eigenvalue weighted by Gasteiger charge is 2.56. The molecule has 0 amide bonds. The van der Waals surface area contributed by atoms with Crippen molar-refractivity contribution in [2.24, 2.45) is 0 Å².